The highest BCUT2D eigenvalue weighted by Gasteiger charge is 2.42. The minimum atomic E-state index is -4.16. The Morgan fingerprint density at radius 1 is 1.03 bits per heavy atom. The van der Waals surface area contributed by atoms with Crippen LogP contribution in [0.1, 0.15) is 66.1 Å². The Bertz CT molecular complexity index is 795. The van der Waals surface area contributed by atoms with Crippen LogP contribution >= 0.6 is 11.3 Å². The Labute approximate surface area is 191 Å². The van der Waals surface area contributed by atoms with Gasteiger partial charge in [0, 0.05) is 53.4 Å². The molecule has 2 saturated heterocycles. The highest BCUT2D eigenvalue weighted by molar-refractivity contribution is 7.10. The predicted molar refractivity (Wildman–Crippen MR) is 119 cm³/mol. The highest BCUT2D eigenvalue weighted by Crippen LogP contribution is 2.44. The number of alkyl halides is 3. The number of halogens is 3. The largest absolute Gasteiger partial charge is 0.401 e. The second-order valence-electron chi connectivity index (χ2n) is 10.0. The smallest absolute Gasteiger partial charge is 0.349 e. The van der Waals surface area contributed by atoms with Gasteiger partial charge in [-0.05, 0) is 64.1 Å². The standard InChI is InChI=1S/C23H33F3N4OS/c24-23(25,26)14-29-7-3-17(4-8-29)28-22(31)15-11-21(32-13-15)19-12-20(19)27-16-5-9-30(10-6-16)18-1-2-18/h11,13,16-20,27H,1-10,12,14H2,(H,28,31). The van der Waals surface area contributed by atoms with Crippen molar-refractivity contribution in [1.82, 2.24) is 20.4 Å². The fourth-order valence-electron chi connectivity index (χ4n) is 5.29. The van der Waals surface area contributed by atoms with E-state index < -0.39 is 12.7 Å². The molecule has 32 heavy (non-hydrogen) atoms. The Balaban J connectivity index is 1.04. The number of likely N-dealkylation sites (tertiary alicyclic amines) is 2. The summed E-state index contributed by atoms with van der Waals surface area (Å²) in [4.78, 5) is 18.0. The first kappa shape index (κ1) is 22.6. The van der Waals surface area contributed by atoms with Crippen molar-refractivity contribution in [3.05, 3.63) is 21.9 Å². The molecule has 2 aliphatic carbocycles. The molecule has 0 radical (unpaired) electrons. The lowest BCUT2D eigenvalue weighted by Crippen LogP contribution is -2.47. The predicted octanol–water partition coefficient (Wildman–Crippen LogP) is 3.58. The average Bonchev–Trinajstić information content (AvgIpc) is 3.68. The van der Waals surface area contributed by atoms with Gasteiger partial charge in [0.2, 0.25) is 0 Å². The molecule has 1 aromatic rings. The molecule has 9 heteroatoms. The average molecular weight is 471 g/mol. The zero-order chi connectivity index (χ0) is 22.3. The van der Waals surface area contributed by atoms with E-state index in [1.165, 1.54) is 48.5 Å². The Morgan fingerprint density at radius 2 is 1.72 bits per heavy atom. The molecule has 4 fully saturated rings. The van der Waals surface area contributed by atoms with Crippen LogP contribution in [0.2, 0.25) is 0 Å². The second-order valence-corrected chi connectivity index (χ2v) is 11.0. The lowest BCUT2D eigenvalue weighted by molar-refractivity contribution is -0.148. The number of hydrogen-bond donors (Lipinski definition) is 2. The summed E-state index contributed by atoms with van der Waals surface area (Å²) < 4.78 is 37.6. The van der Waals surface area contributed by atoms with E-state index in [1.807, 2.05) is 11.4 Å². The van der Waals surface area contributed by atoms with E-state index in [0.717, 1.165) is 12.5 Å². The van der Waals surface area contributed by atoms with E-state index >= 15 is 0 Å². The topological polar surface area (TPSA) is 47.6 Å². The molecule has 5 rings (SSSR count). The van der Waals surface area contributed by atoms with Crippen molar-refractivity contribution in [2.45, 2.75) is 81.2 Å². The van der Waals surface area contributed by atoms with Gasteiger partial charge in [-0.1, -0.05) is 0 Å². The third-order valence-corrected chi connectivity index (χ3v) is 8.47. The molecular weight excluding hydrogens is 437 g/mol. The summed E-state index contributed by atoms with van der Waals surface area (Å²) in [6, 6.07) is 3.98. The van der Waals surface area contributed by atoms with Crippen LogP contribution in [0.3, 0.4) is 0 Å². The van der Waals surface area contributed by atoms with Gasteiger partial charge in [0.25, 0.3) is 5.91 Å². The van der Waals surface area contributed by atoms with Crippen molar-refractivity contribution in [3.63, 3.8) is 0 Å². The first-order valence-corrected chi connectivity index (χ1v) is 12.9. The summed E-state index contributed by atoms with van der Waals surface area (Å²) in [6.07, 6.45) is 3.34. The zero-order valence-corrected chi connectivity index (χ0v) is 19.2. The van der Waals surface area contributed by atoms with Gasteiger partial charge in [-0.25, -0.2) is 0 Å². The van der Waals surface area contributed by atoms with E-state index in [0.29, 0.717) is 49.5 Å². The molecule has 2 atom stereocenters. The minimum absolute atomic E-state index is 0.0489. The van der Waals surface area contributed by atoms with Crippen LogP contribution in [0.25, 0.3) is 0 Å². The summed E-state index contributed by atoms with van der Waals surface area (Å²) in [5, 5.41) is 8.79. The molecule has 0 spiro atoms. The van der Waals surface area contributed by atoms with Crippen LogP contribution in [0.5, 0.6) is 0 Å². The maximum atomic E-state index is 12.7. The molecular formula is C23H33F3N4OS. The fraction of sp³-hybridized carbons (Fsp3) is 0.783. The van der Waals surface area contributed by atoms with E-state index in [1.54, 1.807) is 11.3 Å². The van der Waals surface area contributed by atoms with E-state index in [9.17, 15) is 18.0 Å². The minimum Gasteiger partial charge on any atom is -0.349 e. The number of nitrogens with zero attached hydrogens (tertiary/aromatic N) is 2. The van der Waals surface area contributed by atoms with Gasteiger partial charge in [-0.15, -0.1) is 11.3 Å². The van der Waals surface area contributed by atoms with Gasteiger partial charge < -0.3 is 15.5 Å². The van der Waals surface area contributed by atoms with Gasteiger partial charge in [0.1, 0.15) is 0 Å². The van der Waals surface area contributed by atoms with Crippen molar-refractivity contribution in [1.29, 1.82) is 0 Å². The molecule has 1 amide bonds. The normalized spacial score (nSPS) is 28.7. The SMILES string of the molecule is O=C(NC1CCN(CC(F)(F)F)CC1)c1csc(C2CC2NC2CCN(C3CC3)CC2)c1. The summed E-state index contributed by atoms with van der Waals surface area (Å²) in [5.74, 6) is 0.410. The van der Waals surface area contributed by atoms with E-state index in [4.69, 9.17) is 0 Å². The summed E-state index contributed by atoms with van der Waals surface area (Å²) in [6.45, 7) is 2.32. The first-order valence-electron chi connectivity index (χ1n) is 12.0. The lowest BCUT2D eigenvalue weighted by atomic mass is 10.0. The van der Waals surface area contributed by atoms with Crippen LogP contribution < -0.4 is 10.6 Å². The fourth-order valence-corrected chi connectivity index (χ4v) is 6.36. The van der Waals surface area contributed by atoms with Crippen LogP contribution in [0.15, 0.2) is 11.4 Å². The van der Waals surface area contributed by atoms with Crippen molar-refractivity contribution < 1.29 is 18.0 Å². The third kappa shape index (κ3) is 5.85. The summed E-state index contributed by atoms with van der Waals surface area (Å²) >= 11 is 1.65. The van der Waals surface area contributed by atoms with Gasteiger partial charge >= 0.3 is 6.18 Å². The molecule has 5 nitrogen and oxygen atoms in total. The number of carbonyl (C=O) groups is 1. The number of piperidine rings is 2. The van der Waals surface area contributed by atoms with E-state index in [2.05, 4.69) is 15.5 Å². The number of rotatable bonds is 7. The number of thiophene rings is 1. The molecule has 1 aromatic heterocycles. The molecule has 4 aliphatic rings. The molecule has 2 N–H and O–H groups in total. The number of nitrogens with one attached hydrogen (secondary N) is 2. The molecule has 178 valence electrons. The van der Waals surface area contributed by atoms with E-state index in [-0.39, 0.29) is 11.9 Å². The van der Waals surface area contributed by atoms with Crippen LogP contribution in [-0.4, -0.2) is 78.8 Å². The van der Waals surface area contributed by atoms with Crippen LogP contribution in [0, 0.1) is 0 Å². The van der Waals surface area contributed by atoms with Crippen molar-refractivity contribution in [2.24, 2.45) is 0 Å². The molecule has 0 bridgehead atoms. The maximum absolute atomic E-state index is 12.7. The van der Waals surface area contributed by atoms with Crippen molar-refractivity contribution in [2.75, 3.05) is 32.7 Å². The molecule has 2 saturated carbocycles. The summed E-state index contributed by atoms with van der Waals surface area (Å²) in [7, 11) is 0. The van der Waals surface area contributed by atoms with Crippen molar-refractivity contribution in [3.8, 4) is 0 Å². The first-order chi connectivity index (χ1) is 15.3. The number of amides is 1. The molecule has 2 unspecified atom stereocenters. The second kappa shape index (κ2) is 9.24. The lowest BCUT2D eigenvalue weighted by Gasteiger charge is -2.32. The van der Waals surface area contributed by atoms with Crippen LogP contribution in [0.4, 0.5) is 13.2 Å². The highest BCUT2D eigenvalue weighted by atomic mass is 32.1. The van der Waals surface area contributed by atoms with Crippen LogP contribution in [-0.2, 0) is 0 Å². The quantitative estimate of drug-likeness (QED) is 0.640. The zero-order valence-electron chi connectivity index (χ0n) is 18.4. The Kier molecular flexibility index (Phi) is 6.53. The molecule has 2 aliphatic heterocycles. The van der Waals surface area contributed by atoms with Gasteiger partial charge in [0.05, 0.1) is 12.1 Å². The molecule has 3 heterocycles. The van der Waals surface area contributed by atoms with Gasteiger partial charge in [-0.3, -0.25) is 9.69 Å². The monoisotopic (exact) mass is 470 g/mol. The number of carbonyl (C=O) groups excluding carboxylic acids is 1. The Hall–Kier alpha value is -1.16. The maximum Gasteiger partial charge on any atom is 0.401 e. The Morgan fingerprint density at radius 3 is 2.38 bits per heavy atom. The summed E-state index contributed by atoms with van der Waals surface area (Å²) in [5.41, 5.74) is 0.686. The van der Waals surface area contributed by atoms with Crippen molar-refractivity contribution >= 4 is 17.2 Å². The third-order valence-electron chi connectivity index (χ3n) is 7.41. The molecule has 0 aromatic carbocycles. The van der Waals surface area contributed by atoms with Gasteiger partial charge in [0.15, 0.2) is 0 Å². The van der Waals surface area contributed by atoms with Gasteiger partial charge in [-0.2, -0.15) is 13.2 Å². The number of hydrogen-bond acceptors (Lipinski definition) is 5.